The highest BCUT2D eigenvalue weighted by atomic mass is 16.2. The van der Waals surface area contributed by atoms with E-state index in [1.165, 1.54) is 5.56 Å². The maximum absolute atomic E-state index is 12.2. The second-order valence-electron chi connectivity index (χ2n) is 5.53. The molecule has 21 heavy (non-hydrogen) atoms. The van der Waals surface area contributed by atoms with E-state index in [1.807, 2.05) is 42.3 Å². The predicted molar refractivity (Wildman–Crippen MR) is 82.3 cm³/mol. The summed E-state index contributed by atoms with van der Waals surface area (Å²) >= 11 is 0. The number of aromatic amines is 1. The second-order valence-corrected chi connectivity index (χ2v) is 5.53. The molecule has 1 aromatic carbocycles. The third-order valence-corrected chi connectivity index (χ3v) is 3.99. The van der Waals surface area contributed by atoms with E-state index in [1.54, 1.807) is 6.20 Å². The van der Waals surface area contributed by atoms with Crippen molar-refractivity contribution >= 4 is 11.7 Å². The Hall–Kier alpha value is -2.30. The zero-order valence-corrected chi connectivity index (χ0v) is 12.2. The Morgan fingerprint density at radius 2 is 2.00 bits per heavy atom. The topological polar surface area (TPSA) is 61.0 Å². The molecule has 110 valence electrons. The lowest BCUT2D eigenvalue weighted by molar-refractivity contribution is 0.193. The SMILES string of the molecule is Cc1ccc(NC(=O)N2CCC(c3ncc[nH]3)CC2)cc1. The van der Waals surface area contributed by atoms with E-state index in [0.29, 0.717) is 5.92 Å². The van der Waals surface area contributed by atoms with Gasteiger partial charge in [-0.25, -0.2) is 9.78 Å². The van der Waals surface area contributed by atoms with Gasteiger partial charge in [0.15, 0.2) is 0 Å². The van der Waals surface area contributed by atoms with Crippen LogP contribution in [0.3, 0.4) is 0 Å². The molecule has 5 nitrogen and oxygen atoms in total. The first-order valence-electron chi connectivity index (χ1n) is 7.34. The monoisotopic (exact) mass is 284 g/mol. The molecule has 2 N–H and O–H groups in total. The van der Waals surface area contributed by atoms with Gasteiger partial charge in [-0.05, 0) is 31.9 Å². The van der Waals surface area contributed by atoms with Crippen molar-refractivity contribution in [3.8, 4) is 0 Å². The number of H-pyrrole nitrogens is 1. The molecule has 0 aliphatic carbocycles. The molecule has 0 radical (unpaired) electrons. The Morgan fingerprint density at radius 1 is 1.29 bits per heavy atom. The van der Waals surface area contributed by atoms with Crippen LogP contribution in [0.25, 0.3) is 0 Å². The van der Waals surface area contributed by atoms with E-state index in [0.717, 1.165) is 37.4 Å². The zero-order valence-electron chi connectivity index (χ0n) is 12.2. The number of imidazole rings is 1. The minimum atomic E-state index is -0.0169. The molecule has 1 fully saturated rings. The first-order valence-corrected chi connectivity index (χ1v) is 7.34. The lowest BCUT2D eigenvalue weighted by Crippen LogP contribution is -2.40. The fraction of sp³-hybridized carbons (Fsp3) is 0.375. The number of urea groups is 1. The van der Waals surface area contributed by atoms with Crippen molar-refractivity contribution in [2.45, 2.75) is 25.7 Å². The van der Waals surface area contributed by atoms with Crippen LogP contribution in [-0.2, 0) is 0 Å². The van der Waals surface area contributed by atoms with Gasteiger partial charge in [0.1, 0.15) is 5.82 Å². The number of likely N-dealkylation sites (tertiary alicyclic amines) is 1. The highest BCUT2D eigenvalue weighted by molar-refractivity contribution is 5.89. The molecule has 0 bridgehead atoms. The van der Waals surface area contributed by atoms with Gasteiger partial charge >= 0.3 is 6.03 Å². The van der Waals surface area contributed by atoms with Crippen LogP contribution in [0.1, 0.15) is 30.1 Å². The maximum atomic E-state index is 12.2. The van der Waals surface area contributed by atoms with E-state index < -0.39 is 0 Å². The van der Waals surface area contributed by atoms with Crippen LogP contribution >= 0.6 is 0 Å². The molecule has 1 aliphatic heterocycles. The number of hydrogen-bond acceptors (Lipinski definition) is 2. The fourth-order valence-electron chi connectivity index (χ4n) is 2.70. The van der Waals surface area contributed by atoms with E-state index in [9.17, 15) is 4.79 Å². The summed E-state index contributed by atoms with van der Waals surface area (Å²) in [6.07, 6.45) is 5.54. The van der Waals surface area contributed by atoms with Crippen LogP contribution in [0, 0.1) is 6.92 Å². The molecule has 3 rings (SSSR count). The summed E-state index contributed by atoms with van der Waals surface area (Å²) in [5, 5.41) is 2.95. The smallest absolute Gasteiger partial charge is 0.321 e. The summed E-state index contributed by atoms with van der Waals surface area (Å²) in [6.45, 7) is 3.57. The van der Waals surface area contributed by atoms with Crippen LogP contribution in [0.2, 0.25) is 0 Å². The number of aryl methyl sites for hydroxylation is 1. The van der Waals surface area contributed by atoms with Crippen LogP contribution in [-0.4, -0.2) is 34.0 Å². The van der Waals surface area contributed by atoms with Gasteiger partial charge in [0, 0.05) is 37.1 Å². The van der Waals surface area contributed by atoms with Gasteiger partial charge in [-0.3, -0.25) is 0 Å². The highest BCUT2D eigenvalue weighted by Crippen LogP contribution is 2.25. The van der Waals surface area contributed by atoms with Gasteiger partial charge in [-0.15, -0.1) is 0 Å². The third kappa shape index (κ3) is 3.24. The van der Waals surface area contributed by atoms with Crippen molar-refractivity contribution < 1.29 is 4.79 Å². The fourth-order valence-corrected chi connectivity index (χ4v) is 2.70. The average Bonchev–Trinajstić information content (AvgIpc) is 3.04. The van der Waals surface area contributed by atoms with Gasteiger partial charge < -0.3 is 15.2 Å². The molecule has 0 spiro atoms. The van der Waals surface area contributed by atoms with Crippen molar-refractivity contribution in [2.75, 3.05) is 18.4 Å². The Morgan fingerprint density at radius 3 is 2.62 bits per heavy atom. The number of amides is 2. The van der Waals surface area contributed by atoms with Gasteiger partial charge in [0.05, 0.1) is 0 Å². The first kappa shape index (κ1) is 13.7. The first-order chi connectivity index (χ1) is 10.2. The molecule has 1 saturated heterocycles. The standard InChI is InChI=1S/C16H20N4O/c1-12-2-4-14(5-3-12)19-16(21)20-10-6-13(7-11-20)15-17-8-9-18-15/h2-5,8-9,13H,6-7,10-11H2,1H3,(H,17,18)(H,19,21). The number of rotatable bonds is 2. The summed E-state index contributed by atoms with van der Waals surface area (Å²) < 4.78 is 0. The quantitative estimate of drug-likeness (QED) is 0.890. The molecule has 2 heterocycles. The number of piperidine rings is 1. The molecule has 0 saturated carbocycles. The van der Waals surface area contributed by atoms with Crippen molar-refractivity contribution in [1.29, 1.82) is 0 Å². The molecule has 2 aromatic rings. The van der Waals surface area contributed by atoms with Gasteiger partial charge in [0.25, 0.3) is 0 Å². The number of hydrogen-bond donors (Lipinski definition) is 2. The molecule has 2 amide bonds. The number of nitrogens with one attached hydrogen (secondary N) is 2. The minimum Gasteiger partial charge on any atom is -0.348 e. The van der Waals surface area contributed by atoms with Crippen LogP contribution in [0.4, 0.5) is 10.5 Å². The molecule has 0 unspecified atom stereocenters. The molecule has 5 heteroatoms. The molecular formula is C16H20N4O. The highest BCUT2D eigenvalue weighted by Gasteiger charge is 2.25. The second kappa shape index (κ2) is 5.99. The van der Waals surface area contributed by atoms with E-state index in [-0.39, 0.29) is 6.03 Å². The van der Waals surface area contributed by atoms with Crippen LogP contribution in [0.5, 0.6) is 0 Å². The summed E-state index contributed by atoms with van der Waals surface area (Å²) in [4.78, 5) is 21.6. The van der Waals surface area contributed by atoms with E-state index in [2.05, 4.69) is 15.3 Å². The third-order valence-electron chi connectivity index (χ3n) is 3.99. The van der Waals surface area contributed by atoms with Gasteiger partial charge in [0.2, 0.25) is 0 Å². The Balaban J connectivity index is 1.54. The Kier molecular flexibility index (Phi) is 3.90. The number of nitrogens with zero attached hydrogens (tertiary/aromatic N) is 2. The maximum Gasteiger partial charge on any atom is 0.321 e. The van der Waals surface area contributed by atoms with Crippen molar-refractivity contribution in [3.05, 3.63) is 48.0 Å². The molecule has 1 aliphatic rings. The summed E-state index contributed by atoms with van der Waals surface area (Å²) in [5.41, 5.74) is 2.03. The summed E-state index contributed by atoms with van der Waals surface area (Å²) in [7, 11) is 0. The van der Waals surface area contributed by atoms with Crippen LogP contribution < -0.4 is 5.32 Å². The van der Waals surface area contributed by atoms with Gasteiger partial charge in [-0.2, -0.15) is 0 Å². The summed E-state index contributed by atoms with van der Waals surface area (Å²) in [6, 6.07) is 7.85. The lowest BCUT2D eigenvalue weighted by Gasteiger charge is -2.31. The number of benzene rings is 1. The zero-order chi connectivity index (χ0) is 14.7. The predicted octanol–water partition coefficient (Wildman–Crippen LogP) is 3.13. The van der Waals surface area contributed by atoms with Crippen LogP contribution in [0.15, 0.2) is 36.7 Å². The normalized spacial score (nSPS) is 16.0. The number of aromatic nitrogens is 2. The average molecular weight is 284 g/mol. The molecular weight excluding hydrogens is 264 g/mol. The summed E-state index contributed by atoms with van der Waals surface area (Å²) in [5.74, 6) is 1.47. The van der Waals surface area contributed by atoms with Crippen molar-refractivity contribution in [2.24, 2.45) is 0 Å². The largest absolute Gasteiger partial charge is 0.348 e. The van der Waals surface area contributed by atoms with E-state index in [4.69, 9.17) is 0 Å². The Bertz CT molecular complexity index is 583. The molecule has 1 aromatic heterocycles. The number of carbonyl (C=O) groups excluding carboxylic acids is 1. The number of anilines is 1. The lowest BCUT2D eigenvalue weighted by atomic mass is 9.96. The Labute approximate surface area is 124 Å². The van der Waals surface area contributed by atoms with Crippen molar-refractivity contribution in [1.82, 2.24) is 14.9 Å². The minimum absolute atomic E-state index is 0.0169. The number of carbonyl (C=O) groups is 1. The van der Waals surface area contributed by atoms with Gasteiger partial charge in [-0.1, -0.05) is 17.7 Å². The van der Waals surface area contributed by atoms with Crippen molar-refractivity contribution in [3.63, 3.8) is 0 Å². The van der Waals surface area contributed by atoms with E-state index >= 15 is 0 Å². The molecule has 0 atom stereocenters.